The van der Waals surface area contributed by atoms with Crippen molar-refractivity contribution in [3.63, 3.8) is 0 Å². The Balaban J connectivity index is 2.68. The van der Waals surface area contributed by atoms with Gasteiger partial charge in [-0.2, -0.15) is 0 Å². The van der Waals surface area contributed by atoms with Gasteiger partial charge in [-0.3, -0.25) is 10.1 Å². The molecule has 0 aliphatic heterocycles. The van der Waals surface area contributed by atoms with Crippen molar-refractivity contribution in [2.24, 2.45) is 0 Å². The van der Waals surface area contributed by atoms with Gasteiger partial charge in [0.05, 0.1) is 21.9 Å². The van der Waals surface area contributed by atoms with Crippen LogP contribution in [0.15, 0.2) is 42.5 Å². The largest absolute Gasteiger partial charge is 0.478 e. The lowest BCUT2D eigenvalue weighted by atomic mass is 10.1. The Morgan fingerprint density at radius 3 is 2.43 bits per heavy atom. The minimum absolute atomic E-state index is 0.0917. The molecular formula is C13H9ClN2O6S. The van der Waals surface area contributed by atoms with Crippen LogP contribution in [0.4, 0.5) is 17.1 Å². The average Bonchev–Trinajstić information content (AvgIpc) is 2.48. The van der Waals surface area contributed by atoms with Gasteiger partial charge in [0.1, 0.15) is 5.02 Å². The predicted molar refractivity (Wildman–Crippen MR) is 84.0 cm³/mol. The summed E-state index contributed by atoms with van der Waals surface area (Å²) in [4.78, 5) is 21.4. The molecule has 0 fully saturated rings. The van der Waals surface area contributed by atoms with Crippen LogP contribution in [-0.4, -0.2) is 24.4 Å². The second-order valence-electron chi connectivity index (χ2n) is 4.26. The number of para-hydroxylation sites is 1. The minimum Gasteiger partial charge on any atom is -0.478 e. The number of rotatable bonds is 5. The first kappa shape index (κ1) is 16.7. The lowest BCUT2D eigenvalue weighted by molar-refractivity contribution is -0.384. The van der Waals surface area contributed by atoms with Gasteiger partial charge in [-0.05, 0) is 24.3 Å². The van der Waals surface area contributed by atoms with Crippen molar-refractivity contribution >= 4 is 45.5 Å². The number of thiol groups is 1. The Morgan fingerprint density at radius 2 is 1.87 bits per heavy atom. The van der Waals surface area contributed by atoms with Crippen LogP contribution in [0.25, 0.3) is 0 Å². The Morgan fingerprint density at radius 1 is 1.22 bits per heavy atom. The second kappa shape index (κ2) is 6.63. The molecule has 0 aliphatic carbocycles. The van der Waals surface area contributed by atoms with E-state index < -0.39 is 27.5 Å². The highest BCUT2D eigenvalue weighted by Crippen LogP contribution is 2.34. The van der Waals surface area contributed by atoms with Gasteiger partial charge < -0.3 is 5.11 Å². The van der Waals surface area contributed by atoms with E-state index in [2.05, 4.69) is 0 Å². The number of hydrogen-bond donors (Lipinski definition) is 2. The monoisotopic (exact) mass is 356 g/mol. The molecule has 0 heterocycles. The van der Waals surface area contributed by atoms with Gasteiger partial charge >= 0.3 is 5.97 Å². The summed E-state index contributed by atoms with van der Waals surface area (Å²) in [7, 11) is -3.29. The maximum atomic E-state index is 11.6. The summed E-state index contributed by atoms with van der Waals surface area (Å²) in [6, 6.07) is 8.80. The van der Waals surface area contributed by atoms with E-state index in [4.69, 9.17) is 11.6 Å². The molecule has 0 spiro atoms. The van der Waals surface area contributed by atoms with Crippen LogP contribution in [0.3, 0.4) is 0 Å². The highest BCUT2D eigenvalue weighted by molar-refractivity contribution is 7.74. The maximum Gasteiger partial charge on any atom is 0.337 e. The molecule has 120 valence electrons. The summed E-state index contributed by atoms with van der Waals surface area (Å²) in [5.74, 6) is -1.33. The number of nitro benzene ring substituents is 1. The summed E-state index contributed by atoms with van der Waals surface area (Å²) in [5.41, 5.74) is -0.971. The first-order chi connectivity index (χ1) is 10.8. The standard InChI is InChI=1S/C13H9ClN2O6S/c14-10-6-5-8(7-12(10)16(19)20)15(23(21)22)11-4-2-1-3-9(11)13(17)18/h1-7,23H,(H,17,18). The van der Waals surface area contributed by atoms with Crippen molar-refractivity contribution in [3.8, 4) is 0 Å². The first-order valence-corrected chi connectivity index (χ1v) is 7.54. The Labute approximate surface area is 136 Å². The van der Waals surface area contributed by atoms with E-state index in [1.54, 1.807) is 0 Å². The topological polar surface area (TPSA) is 118 Å². The maximum absolute atomic E-state index is 11.6. The minimum atomic E-state index is -3.29. The zero-order valence-electron chi connectivity index (χ0n) is 11.2. The predicted octanol–water partition coefficient (Wildman–Crippen LogP) is 2.61. The van der Waals surface area contributed by atoms with Gasteiger partial charge in [0.25, 0.3) is 5.69 Å². The zero-order chi connectivity index (χ0) is 17.1. The summed E-state index contributed by atoms with van der Waals surface area (Å²) >= 11 is 5.70. The fraction of sp³-hybridized carbons (Fsp3) is 0. The lowest BCUT2D eigenvalue weighted by Crippen LogP contribution is -2.18. The first-order valence-electron chi connectivity index (χ1n) is 6.03. The van der Waals surface area contributed by atoms with Crippen LogP contribution in [0.5, 0.6) is 0 Å². The van der Waals surface area contributed by atoms with E-state index >= 15 is 0 Å². The number of nitro groups is 1. The smallest absolute Gasteiger partial charge is 0.337 e. The van der Waals surface area contributed by atoms with Gasteiger partial charge in [-0.1, -0.05) is 23.7 Å². The van der Waals surface area contributed by atoms with Gasteiger partial charge in [0, 0.05) is 6.07 Å². The van der Waals surface area contributed by atoms with Gasteiger partial charge in [0.15, 0.2) is 0 Å². The second-order valence-corrected chi connectivity index (χ2v) is 5.55. The zero-order valence-corrected chi connectivity index (χ0v) is 12.9. The Kier molecular flexibility index (Phi) is 4.82. The highest BCUT2D eigenvalue weighted by atomic mass is 35.5. The SMILES string of the molecule is O=C(O)c1ccccc1N(c1ccc(Cl)c([N+](=O)[O-])c1)[SH](=O)=O. The van der Waals surface area contributed by atoms with E-state index in [1.807, 2.05) is 0 Å². The van der Waals surface area contributed by atoms with Crippen molar-refractivity contribution < 1.29 is 23.2 Å². The molecule has 0 unspecified atom stereocenters. The molecule has 23 heavy (non-hydrogen) atoms. The summed E-state index contributed by atoms with van der Waals surface area (Å²) in [6.45, 7) is 0. The van der Waals surface area contributed by atoms with E-state index in [0.717, 1.165) is 6.07 Å². The molecule has 2 aromatic carbocycles. The van der Waals surface area contributed by atoms with Crippen LogP contribution in [0.1, 0.15) is 10.4 Å². The van der Waals surface area contributed by atoms with Crippen molar-refractivity contribution in [1.82, 2.24) is 0 Å². The fourth-order valence-electron chi connectivity index (χ4n) is 1.93. The van der Waals surface area contributed by atoms with Crippen LogP contribution in [-0.2, 0) is 10.9 Å². The molecule has 2 rings (SSSR count). The molecule has 2 aromatic rings. The number of anilines is 2. The van der Waals surface area contributed by atoms with E-state index in [0.29, 0.717) is 4.31 Å². The number of nitrogens with zero attached hydrogens (tertiary/aromatic N) is 2. The molecule has 0 aromatic heterocycles. The summed E-state index contributed by atoms with van der Waals surface area (Å²) in [6.07, 6.45) is 0. The quantitative estimate of drug-likeness (QED) is 0.483. The van der Waals surface area contributed by atoms with E-state index in [1.165, 1.54) is 36.4 Å². The molecule has 0 radical (unpaired) electrons. The number of halogens is 1. The molecule has 1 N–H and O–H groups in total. The van der Waals surface area contributed by atoms with Gasteiger partial charge in [-0.15, -0.1) is 0 Å². The third-order valence-corrected chi connectivity index (χ3v) is 3.99. The van der Waals surface area contributed by atoms with Crippen molar-refractivity contribution in [3.05, 3.63) is 63.2 Å². The van der Waals surface area contributed by atoms with Crippen molar-refractivity contribution in [2.75, 3.05) is 4.31 Å². The third-order valence-electron chi connectivity index (χ3n) is 2.90. The molecule has 0 bridgehead atoms. The third kappa shape index (κ3) is 3.41. The molecule has 0 atom stereocenters. The molecule has 0 amide bonds. The van der Waals surface area contributed by atoms with E-state index in [9.17, 15) is 28.4 Å². The van der Waals surface area contributed by atoms with Gasteiger partial charge in [0.2, 0.25) is 10.9 Å². The van der Waals surface area contributed by atoms with Crippen LogP contribution in [0, 0.1) is 10.1 Å². The lowest BCUT2D eigenvalue weighted by Gasteiger charge is -2.19. The molecule has 10 heteroatoms. The van der Waals surface area contributed by atoms with Crippen LogP contribution >= 0.6 is 11.6 Å². The fourth-order valence-corrected chi connectivity index (χ4v) is 2.78. The number of aromatic carboxylic acids is 1. The average molecular weight is 357 g/mol. The van der Waals surface area contributed by atoms with Crippen molar-refractivity contribution in [2.45, 2.75) is 0 Å². The number of carboxylic acid groups (broad SMARTS) is 1. The number of carbonyl (C=O) groups is 1. The number of hydrogen-bond acceptors (Lipinski definition) is 5. The Bertz CT molecular complexity index is 859. The highest BCUT2D eigenvalue weighted by Gasteiger charge is 2.22. The molecule has 0 aliphatic rings. The normalized spacial score (nSPS) is 10.5. The van der Waals surface area contributed by atoms with E-state index in [-0.39, 0.29) is 22.0 Å². The van der Waals surface area contributed by atoms with Gasteiger partial charge in [-0.25, -0.2) is 17.5 Å². The molecule has 8 nitrogen and oxygen atoms in total. The van der Waals surface area contributed by atoms with Crippen LogP contribution in [0.2, 0.25) is 5.02 Å². The number of benzene rings is 2. The molecule has 0 saturated heterocycles. The summed E-state index contributed by atoms with van der Waals surface area (Å²) in [5, 5.41) is 20.0. The summed E-state index contributed by atoms with van der Waals surface area (Å²) < 4.78 is 23.9. The molecular weight excluding hydrogens is 348 g/mol. The number of carboxylic acids is 1. The van der Waals surface area contributed by atoms with Crippen LogP contribution < -0.4 is 4.31 Å². The van der Waals surface area contributed by atoms with Crippen molar-refractivity contribution in [1.29, 1.82) is 0 Å². The molecule has 0 saturated carbocycles. The Hall–Kier alpha value is -2.65.